The largest absolute Gasteiger partial charge is 0.383 e. The lowest BCUT2D eigenvalue weighted by molar-refractivity contribution is 0.130. The monoisotopic (exact) mass is 214 g/mol. The van der Waals surface area contributed by atoms with Crippen LogP contribution in [0.2, 0.25) is 0 Å². The van der Waals surface area contributed by atoms with Crippen LogP contribution in [0.4, 0.5) is 0 Å². The average molecular weight is 214 g/mol. The average Bonchev–Trinajstić information content (AvgIpc) is 2.24. The lowest BCUT2D eigenvalue weighted by Gasteiger charge is -2.32. The van der Waals surface area contributed by atoms with Gasteiger partial charge in [-0.05, 0) is 38.8 Å². The lowest BCUT2D eigenvalue weighted by atomic mass is 9.93. The molecule has 1 N–H and O–H groups in total. The van der Waals surface area contributed by atoms with Crippen molar-refractivity contribution < 1.29 is 4.74 Å². The molecule has 1 heterocycles. The van der Waals surface area contributed by atoms with Gasteiger partial charge in [0.1, 0.15) is 0 Å². The van der Waals surface area contributed by atoms with E-state index in [1.165, 1.54) is 25.9 Å². The van der Waals surface area contributed by atoms with E-state index in [9.17, 15) is 0 Å². The molecule has 1 aliphatic heterocycles. The van der Waals surface area contributed by atoms with Crippen molar-refractivity contribution in [1.29, 1.82) is 0 Å². The molecule has 0 aromatic rings. The summed E-state index contributed by atoms with van der Waals surface area (Å²) in [6.45, 7) is 10.0. The van der Waals surface area contributed by atoms with Gasteiger partial charge in [0.2, 0.25) is 0 Å². The Balaban J connectivity index is 2.24. The molecule has 1 saturated heterocycles. The zero-order valence-electron chi connectivity index (χ0n) is 10.5. The van der Waals surface area contributed by atoms with Crippen molar-refractivity contribution in [2.75, 3.05) is 39.9 Å². The minimum absolute atomic E-state index is 0.699. The van der Waals surface area contributed by atoms with Crippen molar-refractivity contribution in [2.24, 2.45) is 5.92 Å². The van der Waals surface area contributed by atoms with Crippen molar-refractivity contribution in [3.05, 3.63) is 0 Å². The molecular weight excluding hydrogens is 188 g/mol. The number of piperidine rings is 1. The predicted molar refractivity (Wildman–Crippen MR) is 64.2 cm³/mol. The highest BCUT2D eigenvalue weighted by atomic mass is 16.5. The van der Waals surface area contributed by atoms with E-state index in [4.69, 9.17) is 4.74 Å². The Morgan fingerprint density at radius 2 is 2.27 bits per heavy atom. The van der Waals surface area contributed by atoms with Crippen molar-refractivity contribution in [3.8, 4) is 0 Å². The molecule has 0 spiro atoms. The van der Waals surface area contributed by atoms with Crippen LogP contribution in [0, 0.1) is 5.92 Å². The van der Waals surface area contributed by atoms with Crippen LogP contribution in [0.1, 0.15) is 26.7 Å². The summed E-state index contributed by atoms with van der Waals surface area (Å²) in [4.78, 5) is 2.51. The molecule has 3 heteroatoms. The van der Waals surface area contributed by atoms with Crippen molar-refractivity contribution in [1.82, 2.24) is 10.2 Å². The molecule has 2 atom stereocenters. The van der Waals surface area contributed by atoms with E-state index in [1.54, 1.807) is 7.11 Å². The maximum atomic E-state index is 5.13. The number of hydrogen-bond acceptors (Lipinski definition) is 3. The van der Waals surface area contributed by atoms with Crippen LogP contribution in [0.5, 0.6) is 0 Å². The first kappa shape index (κ1) is 12.9. The molecule has 0 bridgehead atoms. The Hall–Kier alpha value is -0.120. The first-order valence-electron chi connectivity index (χ1n) is 6.21. The number of likely N-dealkylation sites (N-methyl/N-ethyl adjacent to an activating group) is 1. The van der Waals surface area contributed by atoms with Gasteiger partial charge < -0.3 is 15.0 Å². The SMILES string of the molecule is CCN(CCOC)CC1CCNC(C)C1. The molecular formula is C12H26N2O. The van der Waals surface area contributed by atoms with Gasteiger partial charge in [-0.3, -0.25) is 0 Å². The van der Waals surface area contributed by atoms with Crippen LogP contribution in [-0.2, 0) is 4.74 Å². The summed E-state index contributed by atoms with van der Waals surface area (Å²) in [6, 6.07) is 0.699. The number of methoxy groups -OCH3 is 1. The fraction of sp³-hybridized carbons (Fsp3) is 1.00. The number of rotatable bonds is 6. The summed E-state index contributed by atoms with van der Waals surface area (Å²) < 4.78 is 5.13. The topological polar surface area (TPSA) is 24.5 Å². The normalized spacial score (nSPS) is 27.2. The molecule has 1 fully saturated rings. The highest BCUT2D eigenvalue weighted by Gasteiger charge is 2.19. The van der Waals surface area contributed by atoms with Crippen molar-refractivity contribution in [3.63, 3.8) is 0 Å². The van der Waals surface area contributed by atoms with Gasteiger partial charge in [0.25, 0.3) is 0 Å². The van der Waals surface area contributed by atoms with E-state index in [2.05, 4.69) is 24.1 Å². The second kappa shape index (κ2) is 7.20. The minimum atomic E-state index is 0.699. The second-order valence-electron chi connectivity index (χ2n) is 4.63. The smallest absolute Gasteiger partial charge is 0.0589 e. The first-order chi connectivity index (χ1) is 7.26. The van der Waals surface area contributed by atoms with Crippen LogP contribution in [-0.4, -0.2) is 50.8 Å². The van der Waals surface area contributed by atoms with E-state index >= 15 is 0 Å². The third kappa shape index (κ3) is 4.96. The predicted octanol–water partition coefficient (Wildman–Crippen LogP) is 1.34. The molecule has 0 aromatic carbocycles. The van der Waals surface area contributed by atoms with Crippen molar-refractivity contribution in [2.45, 2.75) is 32.7 Å². The van der Waals surface area contributed by atoms with E-state index in [-0.39, 0.29) is 0 Å². The Bertz CT molecular complexity index is 164. The van der Waals surface area contributed by atoms with Gasteiger partial charge in [-0.1, -0.05) is 6.92 Å². The van der Waals surface area contributed by atoms with Crippen LogP contribution in [0.15, 0.2) is 0 Å². The number of hydrogen-bond donors (Lipinski definition) is 1. The Morgan fingerprint density at radius 3 is 2.87 bits per heavy atom. The number of ether oxygens (including phenoxy) is 1. The fourth-order valence-corrected chi connectivity index (χ4v) is 2.36. The second-order valence-corrected chi connectivity index (χ2v) is 4.63. The van der Waals surface area contributed by atoms with Crippen LogP contribution < -0.4 is 5.32 Å². The molecule has 90 valence electrons. The Morgan fingerprint density at radius 1 is 1.47 bits per heavy atom. The zero-order chi connectivity index (χ0) is 11.1. The molecule has 2 unspecified atom stereocenters. The molecule has 0 saturated carbocycles. The number of nitrogens with zero attached hydrogens (tertiary/aromatic N) is 1. The molecule has 0 amide bonds. The fourth-order valence-electron chi connectivity index (χ4n) is 2.36. The van der Waals surface area contributed by atoms with E-state index in [1.807, 2.05) is 0 Å². The van der Waals surface area contributed by atoms with Gasteiger partial charge in [-0.15, -0.1) is 0 Å². The molecule has 3 nitrogen and oxygen atoms in total. The summed E-state index contributed by atoms with van der Waals surface area (Å²) in [5.74, 6) is 0.873. The summed E-state index contributed by atoms with van der Waals surface area (Å²) >= 11 is 0. The highest BCUT2D eigenvalue weighted by Crippen LogP contribution is 2.17. The third-order valence-electron chi connectivity index (χ3n) is 3.31. The highest BCUT2D eigenvalue weighted by molar-refractivity contribution is 4.77. The van der Waals surface area contributed by atoms with Crippen LogP contribution in [0.25, 0.3) is 0 Å². The van der Waals surface area contributed by atoms with Gasteiger partial charge in [0.15, 0.2) is 0 Å². The van der Waals surface area contributed by atoms with Crippen LogP contribution in [0.3, 0.4) is 0 Å². The lowest BCUT2D eigenvalue weighted by Crippen LogP contribution is -2.41. The summed E-state index contributed by atoms with van der Waals surface area (Å²) in [7, 11) is 1.78. The quantitative estimate of drug-likeness (QED) is 0.722. The third-order valence-corrected chi connectivity index (χ3v) is 3.31. The summed E-state index contributed by atoms with van der Waals surface area (Å²) in [6.07, 6.45) is 2.65. The number of nitrogens with one attached hydrogen (secondary N) is 1. The van der Waals surface area contributed by atoms with Gasteiger partial charge in [-0.25, -0.2) is 0 Å². The zero-order valence-corrected chi connectivity index (χ0v) is 10.5. The van der Waals surface area contributed by atoms with Gasteiger partial charge in [0.05, 0.1) is 6.61 Å². The van der Waals surface area contributed by atoms with Gasteiger partial charge in [0, 0.05) is 26.2 Å². The van der Waals surface area contributed by atoms with Gasteiger partial charge in [-0.2, -0.15) is 0 Å². The molecule has 0 aliphatic carbocycles. The first-order valence-corrected chi connectivity index (χ1v) is 6.21. The molecule has 1 aliphatic rings. The molecule has 0 aromatic heterocycles. The van der Waals surface area contributed by atoms with E-state index in [0.29, 0.717) is 6.04 Å². The van der Waals surface area contributed by atoms with Gasteiger partial charge >= 0.3 is 0 Å². The summed E-state index contributed by atoms with van der Waals surface area (Å²) in [5, 5.41) is 3.50. The molecule has 0 radical (unpaired) electrons. The minimum Gasteiger partial charge on any atom is -0.383 e. The van der Waals surface area contributed by atoms with E-state index < -0.39 is 0 Å². The maximum Gasteiger partial charge on any atom is 0.0589 e. The standard InChI is InChI=1S/C12H26N2O/c1-4-14(7-8-15-3)10-12-5-6-13-11(2)9-12/h11-13H,4-10H2,1-3H3. The summed E-state index contributed by atoms with van der Waals surface area (Å²) in [5.41, 5.74) is 0. The van der Waals surface area contributed by atoms with Crippen molar-refractivity contribution >= 4 is 0 Å². The maximum absolute atomic E-state index is 5.13. The molecule has 15 heavy (non-hydrogen) atoms. The van der Waals surface area contributed by atoms with Crippen LogP contribution >= 0.6 is 0 Å². The Kier molecular flexibility index (Phi) is 6.22. The Labute approximate surface area is 94.2 Å². The van der Waals surface area contributed by atoms with E-state index in [0.717, 1.165) is 25.6 Å². The molecule has 1 rings (SSSR count).